The van der Waals surface area contributed by atoms with E-state index in [2.05, 4.69) is 58.8 Å². The standard InChI is InChI=1S/C16H12N4S/c1-11-6-8-13(9-7-11)21-15-10-12-4-2-3-5-14(12)20-16(15)17-18-19-20/h2-10H,1H3. The molecule has 2 heterocycles. The van der Waals surface area contributed by atoms with Crippen molar-refractivity contribution in [1.29, 1.82) is 0 Å². The van der Waals surface area contributed by atoms with Crippen LogP contribution < -0.4 is 0 Å². The monoisotopic (exact) mass is 292 g/mol. The Bertz CT molecular complexity index is 928. The number of rotatable bonds is 2. The predicted molar refractivity (Wildman–Crippen MR) is 83.6 cm³/mol. The first-order chi connectivity index (χ1) is 10.3. The Hall–Kier alpha value is -2.40. The molecule has 0 N–H and O–H groups in total. The van der Waals surface area contributed by atoms with Gasteiger partial charge >= 0.3 is 0 Å². The first kappa shape index (κ1) is 12.3. The Morgan fingerprint density at radius 2 is 1.81 bits per heavy atom. The van der Waals surface area contributed by atoms with E-state index in [4.69, 9.17) is 0 Å². The Morgan fingerprint density at radius 1 is 1.00 bits per heavy atom. The van der Waals surface area contributed by atoms with E-state index in [1.54, 1.807) is 16.3 Å². The van der Waals surface area contributed by atoms with E-state index in [1.807, 2.05) is 18.2 Å². The Labute approximate surface area is 125 Å². The second-order valence-corrected chi connectivity index (χ2v) is 6.01. The van der Waals surface area contributed by atoms with Gasteiger partial charge in [0.2, 0.25) is 0 Å². The van der Waals surface area contributed by atoms with Crippen molar-refractivity contribution in [1.82, 2.24) is 20.0 Å². The molecule has 4 nitrogen and oxygen atoms in total. The molecule has 2 aromatic heterocycles. The van der Waals surface area contributed by atoms with Gasteiger partial charge in [0.05, 0.1) is 10.4 Å². The van der Waals surface area contributed by atoms with Gasteiger partial charge in [-0.05, 0) is 41.6 Å². The molecule has 0 saturated heterocycles. The van der Waals surface area contributed by atoms with Gasteiger partial charge in [0, 0.05) is 10.3 Å². The molecule has 21 heavy (non-hydrogen) atoms. The maximum absolute atomic E-state index is 4.16. The molecule has 0 aliphatic carbocycles. The van der Waals surface area contributed by atoms with Crippen LogP contribution in [0.2, 0.25) is 0 Å². The fourth-order valence-electron chi connectivity index (χ4n) is 2.32. The quantitative estimate of drug-likeness (QED) is 0.564. The number of pyridine rings is 1. The van der Waals surface area contributed by atoms with Crippen LogP contribution in [-0.2, 0) is 0 Å². The van der Waals surface area contributed by atoms with Crippen LogP contribution in [0.3, 0.4) is 0 Å². The summed E-state index contributed by atoms with van der Waals surface area (Å²) in [6, 6.07) is 18.7. The summed E-state index contributed by atoms with van der Waals surface area (Å²) in [7, 11) is 0. The molecule has 0 unspecified atom stereocenters. The van der Waals surface area contributed by atoms with Gasteiger partial charge in [0.1, 0.15) is 0 Å². The van der Waals surface area contributed by atoms with Crippen LogP contribution >= 0.6 is 11.8 Å². The minimum atomic E-state index is 0.791. The lowest BCUT2D eigenvalue weighted by Crippen LogP contribution is -1.92. The molecular formula is C16H12N4S. The predicted octanol–water partition coefficient (Wildman–Crippen LogP) is 3.74. The van der Waals surface area contributed by atoms with Crippen molar-refractivity contribution < 1.29 is 0 Å². The van der Waals surface area contributed by atoms with Gasteiger partial charge in [-0.3, -0.25) is 0 Å². The zero-order valence-electron chi connectivity index (χ0n) is 11.4. The largest absolute Gasteiger partial charge is 0.193 e. The molecule has 0 aliphatic rings. The van der Waals surface area contributed by atoms with E-state index in [1.165, 1.54) is 10.5 Å². The summed E-state index contributed by atoms with van der Waals surface area (Å²) in [5.41, 5.74) is 3.07. The minimum absolute atomic E-state index is 0.791. The molecule has 0 atom stereocenters. The van der Waals surface area contributed by atoms with Crippen molar-refractivity contribution in [2.45, 2.75) is 16.7 Å². The number of tetrazole rings is 1. The number of benzene rings is 2. The van der Waals surface area contributed by atoms with Crippen LogP contribution in [0.15, 0.2) is 64.4 Å². The molecule has 0 aliphatic heterocycles. The van der Waals surface area contributed by atoms with E-state index in [9.17, 15) is 0 Å². The van der Waals surface area contributed by atoms with Gasteiger partial charge in [-0.25, -0.2) is 0 Å². The second-order valence-electron chi connectivity index (χ2n) is 4.90. The molecule has 0 spiro atoms. The summed E-state index contributed by atoms with van der Waals surface area (Å²) in [5, 5.41) is 13.2. The average Bonchev–Trinajstić information content (AvgIpc) is 3.00. The normalized spacial score (nSPS) is 11.3. The molecule has 4 rings (SSSR count). The van der Waals surface area contributed by atoms with Crippen LogP contribution in [0.5, 0.6) is 0 Å². The fourth-order valence-corrected chi connectivity index (χ4v) is 3.25. The van der Waals surface area contributed by atoms with Crippen molar-refractivity contribution in [2.75, 3.05) is 0 Å². The van der Waals surface area contributed by atoms with Crippen molar-refractivity contribution >= 4 is 28.3 Å². The third-order valence-electron chi connectivity index (χ3n) is 3.39. The summed E-state index contributed by atoms with van der Waals surface area (Å²) in [4.78, 5) is 2.24. The highest BCUT2D eigenvalue weighted by atomic mass is 32.2. The molecule has 102 valence electrons. The van der Waals surface area contributed by atoms with Gasteiger partial charge < -0.3 is 0 Å². The molecule has 2 aromatic carbocycles. The SMILES string of the molecule is Cc1ccc(Sc2cc3ccccc3n3nnnc23)cc1. The van der Waals surface area contributed by atoms with E-state index in [-0.39, 0.29) is 0 Å². The first-order valence-electron chi connectivity index (χ1n) is 6.66. The summed E-state index contributed by atoms with van der Waals surface area (Å²) < 4.78 is 1.80. The van der Waals surface area contributed by atoms with Crippen molar-refractivity contribution in [3.05, 3.63) is 60.2 Å². The molecule has 0 saturated carbocycles. The van der Waals surface area contributed by atoms with Gasteiger partial charge in [0.15, 0.2) is 5.65 Å². The molecule has 0 amide bonds. The van der Waals surface area contributed by atoms with Crippen molar-refractivity contribution in [3.8, 4) is 0 Å². The Morgan fingerprint density at radius 3 is 2.67 bits per heavy atom. The maximum atomic E-state index is 4.16. The van der Waals surface area contributed by atoms with Gasteiger partial charge in [-0.1, -0.05) is 47.7 Å². The summed E-state index contributed by atoms with van der Waals surface area (Å²) >= 11 is 1.68. The van der Waals surface area contributed by atoms with Crippen LogP contribution in [0.25, 0.3) is 16.6 Å². The summed E-state index contributed by atoms with van der Waals surface area (Å²) in [6.45, 7) is 2.09. The lowest BCUT2D eigenvalue weighted by atomic mass is 10.2. The number of para-hydroxylation sites is 1. The third kappa shape index (κ3) is 2.15. The average molecular weight is 292 g/mol. The molecular weight excluding hydrogens is 280 g/mol. The number of nitrogens with zero attached hydrogens (tertiary/aromatic N) is 4. The third-order valence-corrected chi connectivity index (χ3v) is 4.42. The smallest absolute Gasteiger partial charge is 0.192 e. The molecule has 4 aromatic rings. The lowest BCUT2D eigenvalue weighted by molar-refractivity contribution is 0.841. The fraction of sp³-hybridized carbons (Fsp3) is 0.0625. The Balaban J connectivity index is 1.90. The maximum Gasteiger partial charge on any atom is 0.193 e. The number of aromatic nitrogens is 4. The zero-order valence-corrected chi connectivity index (χ0v) is 12.2. The van der Waals surface area contributed by atoms with Crippen LogP contribution in [-0.4, -0.2) is 20.0 Å². The van der Waals surface area contributed by atoms with Crippen molar-refractivity contribution in [2.24, 2.45) is 0 Å². The van der Waals surface area contributed by atoms with Crippen molar-refractivity contribution in [3.63, 3.8) is 0 Å². The van der Waals surface area contributed by atoms with E-state index >= 15 is 0 Å². The molecule has 0 bridgehead atoms. The highest BCUT2D eigenvalue weighted by Gasteiger charge is 2.10. The lowest BCUT2D eigenvalue weighted by Gasteiger charge is -2.06. The van der Waals surface area contributed by atoms with Crippen LogP contribution in [0.4, 0.5) is 0 Å². The van der Waals surface area contributed by atoms with Gasteiger partial charge in [0.25, 0.3) is 0 Å². The van der Waals surface area contributed by atoms with E-state index in [0.29, 0.717) is 0 Å². The van der Waals surface area contributed by atoms with Crippen LogP contribution in [0.1, 0.15) is 5.56 Å². The first-order valence-corrected chi connectivity index (χ1v) is 7.47. The highest BCUT2D eigenvalue weighted by molar-refractivity contribution is 7.99. The highest BCUT2D eigenvalue weighted by Crippen LogP contribution is 2.32. The number of hydrogen-bond donors (Lipinski definition) is 0. The zero-order chi connectivity index (χ0) is 14.2. The molecule has 5 heteroatoms. The van der Waals surface area contributed by atoms with Gasteiger partial charge in [-0.15, -0.1) is 5.10 Å². The molecule has 0 radical (unpaired) electrons. The number of fused-ring (bicyclic) bond motifs is 3. The topological polar surface area (TPSA) is 43.1 Å². The van der Waals surface area contributed by atoms with Gasteiger partial charge in [-0.2, -0.15) is 4.52 Å². The summed E-state index contributed by atoms with van der Waals surface area (Å²) in [5.74, 6) is 0. The molecule has 0 fully saturated rings. The number of aryl methyl sites for hydroxylation is 1. The van der Waals surface area contributed by atoms with E-state index in [0.717, 1.165) is 21.4 Å². The number of hydrogen-bond acceptors (Lipinski definition) is 4. The summed E-state index contributed by atoms with van der Waals surface area (Å²) in [6.07, 6.45) is 0. The van der Waals surface area contributed by atoms with Crippen LogP contribution in [0, 0.1) is 6.92 Å². The Kier molecular flexibility index (Phi) is 2.86. The minimum Gasteiger partial charge on any atom is -0.192 e. The second kappa shape index (κ2) is 4.86. The van der Waals surface area contributed by atoms with E-state index < -0.39 is 0 Å².